The average molecular weight is 357 g/mol. The van der Waals surface area contributed by atoms with Crippen molar-refractivity contribution in [2.24, 2.45) is 0 Å². The van der Waals surface area contributed by atoms with Crippen LogP contribution in [0.3, 0.4) is 0 Å². The maximum absolute atomic E-state index is 12.6. The Balaban J connectivity index is 2.09. The molecule has 2 heterocycles. The van der Waals surface area contributed by atoms with Gasteiger partial charge in [-0.3, -0.25) is 9.59 Å². The second-order valence-corrected chi connectivity index (χ2v) is 5.85. The van der Waals surface area contributed by atoms with Crippen molar-refractivity contribution in [1.82, 2.24) is 4.90 Å². The van der Waals surface area contributed by atoms with E-state index >= 15 is 0 Å². The molecule has 1 aromatic carbocycles. The number of furan rings is 1. The van der Waals surface area contributed by atoms with Crippen molar-refractivity contribution >= 4 is 11.7 Å². The van der Waals surface area contributed by atoms with E-state index in [2.05, 4.69) is 0 Å². The monoisotopic (exact) mass is 357 g/mol. The Morgan fingerprint density at radius 3 is 2.54 bits per heavy atom. The van der Waals surface area contributed by atoms with Crippen molar-refractivity contribution in [1.29, 1.82) is 0 Å². The minimum absolute atomic E-state index is 0.0498. The maximum atomic E-state index is 12.6. The second-order valence-electron chi connectivity index (χ2n) is 5.85. The third-order valence-corrected chi connectivity index (χ3v) is 4.31. The van der Waals surface area contributed by atoms with Gasteiger partial charge in [0.1, 0.15) is 5.76 Å². The smallest absolute Gasteiger partial charge is 0.290 e. The zero-order chi connectivity index (χ0) is 18.8. The number of carbonyl (C=O) groups is 2. The summed E-state index contributed by atoms with van der Waals surface area (Å²) in [6.45, 7) is 1.44. The average Bonchev–Trinajstić information content (AvgIpc) is 3.23. The van der Waals surface area contributed by atoms with Crippen LogP contribution >= 0.6 is 0 Å². The number of benzene rings is 1. The first-order valence-electron chi connectivity index (χ1n) is 7.97. The molecule has 0 radical (unpaired) electrons. The lowest BCUT2D eigenvalue weighted by molar-refractivity contribution is -0.130. The van der Waals surface area contributed by atoms with E-state index in [0.29, 0.717) is 22.8 Å². The Hall–Kier alpha value is -3.22. The van der Waals surface area contributed by atoms with Gasteiger partial charge in [-0.2, -0.15) is 0 Å². The summed E-state index contributed by atoms with van der Waals surface area (Å²) in [5, 5.41) is 10.3. The summed E-state index contributed by atoms with van der Waals surface area (Å²) in [6, 6.07) is 7.80. The lowest BCUT2D eigenvalue weighted by atomic mass is 9.96. The zero-order valence-electron chi connectivity index (χ0n) is 14.7. The van der Waals surface area contributed by atoms with Gasteiger partial charge in [0.05, 0.1) is 38.6 Å². The zero-order valence-corrected chi connectivity index (χ0v) is 14.7. The summed E-state index contributed by atoms with van der Waals surface area (Å²) in [5.74, 6) is -0.00495. The predicted octanol–water partition coefficient (Wildman–Crippen LogP) is 2.78. The van der Waals surface area contributed by atoms with Crippen LogP contribution in [-0.4, -0.2) is 35.9 Å². The molecule has 0 spiro atoms. The number of Topliss-reactive ketones (excluding diaryl/α,β-unsaturated/α-hetero) is 1. The normalized spacial score (nSPS) is 17.0. The summed E-state index contributed by atoms with van der Waals surface area (Å²) in [6.07, 6.45) is 1.50. The third kappa shape index (κ3) is 2.92. The number of amides is 1. The summed E-state index contributed by atoms with van der Waals surface area (Å²) in [5.41, 5.74) is 0.672. The van der Waals surface area contributed by atoms with Crippen LogP contribution in [0.4, 0.5) is 0 Å². The van der Waals surface area contributed by atoms with Crippen LogP contribution in [0.2, 0.25) is 0 Å². The van der Waals surface area contributed by atoms with Crippen molar-refractivity contribution in [3.63, 3.8) is 0 Å². The molecule has 3 rings (SSSR count). The molecule has 0 bridgehead atoms. The highest BCUT2D eigenvalue weighted by Crippen LogP contribution is 2.41. The number of ketones is 1. The van der Waals surface area contributed by atoms with Gasteiger partial charge in [-0.25, -0.2) is 0 Å². The van der Waals surface area contributed by atoms with Crippen molar-refractivity contribution in [2.45, 2.75) is 19.5 Å². The number of nitrogens with zero attached hydrogens (tertiary/aromatic N) is 1. The van der Waals surface area contributed by atoms with E-state index in [9.17, 15) is 14.7 Å². The van der Waals surface area contributed by atoms with Crippen molar-refractivity contribution in [3.8, 4) is 11.5 Å². The van der Waals surface area contributed by atoms with Crippen LogP contribution in [0, 0.1) is 0 Å². The number of rotatable bonds is 6. The van der Waals surface area contributed by atoms with E-state index in [1.165, 1.54) is 32.3 Å². The molecule has 0 aliphatic carbocycles. The van der Waals surface area contributed by atoms with Gasteiger partial charge in [-0.15, -0.1) is 0 Å². The summed E-state index contributed by atoms with van der Waals surface area (Å²) < 4.78 is 15.9. The largest absolute Gasteiger partial charge is 0.503 e. The van der Waals surface area contributed by atoms with Gasteiger partial charge in [0.2, 0.25) is 0 Å². The molecule has 1 aliphatic rings. The van der Waals surface area contributed by atoms with Gasteiger partial charge >= 0.3 is 0 Å². The molecule has 1 atom stereocenters. The minimum Gasteiger partial charge on any atom is -0.503 e. The number of aliphatic hydroxyl groups is 1. The van der Waals surface area contributed by atoms with Gasteiger partial charge in [-0.1, -0.05) is 6.07 Å². The fourth-order valence-corrected chi connectivity index (χ4v) is 3.12. The highest BCUT2D eigenvalue weighted by atomic mass is 16.5. The lowest BCUT2D eigenvalue weighted by Gasteiger charge is -2.26. The summed E-state index contributed by atoms with van der Waals surface area (Å²) in [4.78, 5) is 26.1. The van der Waals surface area contributed by atoms with Gasteiger partial charge in [-0.05, 0) is 36.8 Å². The summed E-state index contributed by atoms with van der Waals surface area (Å²) >= 11 is 0. The molecule has 7 heteroatoms. The molecule has 136 valence electrons. The van der Waals surface area contributed by atoms with Gasteiger partial charge < -0.3 is 23.9 Å². The van der Waals surface area contributed by atoms with Crippen LogP contribution in [-0.2, 0) is 16.1 Å². The SMILES string of the molecule is COc1ccc([C@@H]2C(C(C)=O)=C(O)C(=O)N2Cc2ccco2)cc1OC. The number of carbonyl (C=O) groups excluding carboxylic acids is 2. The van der Waals surface area contributed by atoms with Crippen LogP contribution < -0.4 is 9.47 Å². The predicted molar refractivity (Wildman–Crippen MR) is 91.9 cm³/mol. The second kappa shape index (κ2) is 6.95. The minimum atomic E-state index is -0.745. The Bertz CT molecular complexity index is 868. The molecule has 1 amide bonds. The number of hydrogen-bond acceptors (Lipinski definition) is 6. The first-order chi connectivity index (χ1) is 12.5. The van der Waals surface area contributed by atoms with E-state index in [4.69, 9.17) is 13.9 Å². The van der Waals surface area contributed by atoms with Crippen molar-refractivity contribution < 1.29 is 28.6 Å². The van der Waals surface area contributed by atoms with E-state index in [0.717, 1.165) is 0 Å². The molecule has 1 aromatic heterocycles. The third-order valence-electron chi connectivity index (χ3n) is 4.31. The molecule has 0 saturated heterocycles. The fraction of sp³-hybridized carbons (Fsp3) is 0.263. The summed E-state index contributed by atoms with van der Waals surface area (Å²) in [7, 11) is 3.02. The number of hydrogen-bond donors (Lipinski definition) is 1. The van der Waals surface area contributed by atoms with Gasteiger partial charge in [0.15, 0.2) is 23.0 Å². The maximum Gasteiger partial charge on any atom is 0.290 e. The quantitative estimate of drug-likeness (QED) is 0.855. The molecule has 26 heavy (non-hydrogen) atoms. The van der Waals surface area contributed by atoms with Crippen molar-refractivity contribution in [2.75, 3.05) is 14.2 Å². The van der Waals surface area contributed by atoms with Crippen LogP contribution in [0.5, 0.6) is 11.5 Å². The number of ether oxygens (including phenoxy) is 2. The van der Waals surface area contributed by atoms with Crippen LogP contribution in [0.25, 0.3) is 0 Å². The Labute approximate surface area is 150 Å². The topological polar surface area (TPSA) is 89.2 Å². The first kappa shape index (κ1) is 17.6. The fourth-order valence-electron chi connectivity index (χ4n) is 3.12. The Morgan fingerprint density at radius 1 is 1.23 bits per heavy atom. The number of aliphatic hydroxyl groups excluding tert-OH is 1. The molecule has 1 N–H and O–H groups in total. The Kier molecular flexibility index (Phi) is 4.71. The molecule has 1 aliphatic heterocycles. The molecule has 0 unspecified atom stereocenters. The highest BCUT2D eigenvalue weighted by Gasteiger charge is 2.42. The molecule has 0 fully saturated rings. The lowest BCUT2D eigenvalue weighted by Crippen LogP contribution is -2.30. The molecule has 2 aromatic rings. The molecule has 7 nitrogen and oxygen atoms in total. The van der Waals surface area contributed by atoms with E-state index in [1.54, 1.807) is 30.3 Å². The first-order valence-corrected chi connectivity index (χ1v) is 7.97. The molecular weight excluding hydrogens is 338 g/mol. The van der Waals surface area contributed by atoms with E-state index < -0.39 is 17.7 Å². The van der Waals surface area contributed by atoms with Gasteiger partial charge in [0, 0.05) is 0 Å². The van der Waals surface area contributed by atoms with Crippen LogP contribution in [0.15, 0.2) is 52.3 Å². The van der Waals surface area contributed by atoms with E-state index in [1.807, 2.05) is 0 Å². The highest BCUT2D eigenvalue weighted by molar-refractivity contribution is 6.08. The van der Waals surface area contributed by atoms with Gasteiger partial charge in [0.25, 0.3) is 5.91 Å². The molecule has 0 saturated carbocycles. The van der Waals surface area contributed by atoms with Crippen LogP contribution in [0.1, 0.15) is 24.3 Å². The van der Waals surface area contributed by atoms with E-state index in [-0.39, 0.29) is 17.9 Å². The Morgan fingerprint density at radius 2 is 1.96 bits per heavy atom. The van der Waals surface area contributed by atoms with Crippen molar-refractivity contribution in [3.05, 3.63) is 59.3 Å². The standard InChI is InChI=1S/C19H19NO6/c1-11(21)16-17(12-6-7-14(24-2)15(9-12)25-3)20(19(23)18(16)22)10-13-5-4-8-26-13/h4-9,17,22H,10H2,1-3H3/t17-/m1/s1. The number of methoxy groups -OCH3 is 2. The molecular formula is C19H19NO6.